The van der Waals surface area contributed by atoms with Gasteiger partial charge in [0.15, 0.2) is 0 Å². The Kier molecular flexibility index (Phi) is 5.86. The van der Waals surface area contributed by atoms with Crippen molar-refractivity contribution in [2.24, 2.45) is 0 Å². The lowest BCUT2D eigenvalue weighted by Gasteiger charge is -2.22. The van der Waals surface area contributed by atoms with Crippen LogP contribution in [-0.2, 0) is 0 Å². The first-order chi connectivity index (χ1) is 9.71. The summed E-state index contributed by atoms with van der Waals surface area (Å²) >= 11 is 2.41. The zero-order valence-corrected chi connectivity index (χ0v) is 14.9. The van der Waals surface area contributed by atoms with Crippen molar-refractivity contribution in [1.29, 1.82) is 0 Å². The molecular formula is C15H25IN4. The maximum absolute atomic E-state index is 4.91. The Morgan fingerprint density at radius 3 is 2.35 bits per heavy atom. The van der Waals surface area contributed by atoms with Gasteiger partial charge in [0.2, 0.25) is 5.95 Å². The van der Waals surface area contributed by atoms with E-state index in [0.717, 1.165) is 31.4 Å². The summed E-state index contributed by atoms with van der Waals surface area (Å²) in [5.74, 6) is 2.51. The van der Waals surface area contributed by atoms with Crippen LogP contribution in [0.25, 0.3) is 0 Å². The Hall–Kier alpha value is -0.590. The molecule has 0 atom stereocenters. The van der Waals surface area contributed by atoms with Crippen LogP contribution in [0.4, 0.5) is 11.8 Å². The molecule has 0 unspecified atom stereocenters. The number of rotatable bonds is 6. The molecule has 0 spiro atoms. The van der Waals surface area contributed by atoms with Crippen LogP contribution in [0.5, 0.6) is 0 Å². The van der Waals surface area contributed by atoms with E-state index in [1.807, 2.05) is 0 Å². The van der Waals surface area contributed by atoms with Crippen LogP contribution >= 0.6 is 22.6 Å². The highest BCUT2D eigenvalue weighted by molar-refractivity contribution is 14.1. The maximum Gasteiger partial charge on any atom is 0.227 e. The molecule has 0 amide bonds. The van der Waals surface area contributed by atoms with Gasteiger partial charge in [-0.25, -0.2) is 4.98 Å². The summed E-state index contributed by atoms with van der Waals surface area (Å²) in [6.45, 7) is 9.23. The molecule has 20 heavy (non-hydrogen) atoms. The first kappa shape index (κ1) is 15.8. The van der Waals surface area contributed by atoms with Crippen LogP contribution in [0, 0.1) is 3.57 Å². The summed E-state index contributed by atoms with van der Waals surface area (Å²) in [6, 6.07) is 0. The van der Waals surface area contributed by atoms with Gasteiger partial charge in [-0.15, -0.1) is 0 Å². The Bertz CT molecular complexity index is 440. The third-order valence-electron chi connectivity index (χ3n) is 4.00. The SMILES string of the molecule is CCNc1nc(N(CC)CC)nc(C2CCCC2)c1I. The van der Waals surface area contributed by atoms with Crippen LogP contribution in [0.3, 0.4) is 0 Å². The van der Waals surface area contributed by atoms with E-state index in [-0.39, 0.29) is 0 Å². The van der Waals surface area contributed by atoms with Gasteiger partial charge in [0.05, 0.1) is 9.26 Å². The molecule has 0 bridgehead atoms. The molecule has 1 N–H and O–H groups in total. The smallest absolute Gasteiger partial charge is 0.227 e. The van der Waals surface area contributed by atoms with Crippen LogP contribution in [-0.4, -0.2) is 29.6 Å². The molecule has 112 valence electrons. The van der Waals surface area contributed by atoms with Gasteiger partial charge in [0.25, 0.3) is 0 Å². The largest absolute Gasteiger partial charge is 0.369 e. The van der Waals surface area contributed by atoms with Crippen molar-refractivity contribution in [3.05, 3.63) is 9.26 Å². The number of nitrogens with zero attached hydrogens (tertiary/aromatic N) is 3. The normalized spacial score (nSPS) is 15.6. The van der Waals surface area contributed by atoms with Crippen LogP contribution < -0.4 is 10.2 Å². The number of anilines is 2. The van der Waals surface area contributed by atoms with Crippen LogP contribution in [0.15, 0.2) is 0 Å². The maximum atomic E-state index is 4.91. The molecule has 1 aromatic rings. The molecule has 0 radical (unpaired) electrons. The Balaban J connectivity index is 2.42. The molecular weight excluding hydrogens is 363 g/mol. The predicted molar refractivity (Wildman–Crippen MR) is 93.7 cm³/mol. The topological polar surface area (TPSA) is 41.1 Å². The summed E-state index contributed by atoms with van der Waals surface area (Å²) in [4.78, 5) is 11.9. The van der Waals surface area contributed by atoms with E-state index in [9.17, 15) is 0 Å². The minimum absolute atomic E-state index is 0.622. The molecule has 1 fully saturated rings. The first-order valence-corrected chi connectivity index (χ1v) is 8.85. The zero-order valence-electron chi connectivity index (χ0n) is 12.7. The molecule has 0 saturated heterocycles. The van der Waals surface area contributed by atoms with Gasteiger partial charge >= 0.3 is 0 Å². The summed E-state index contributed by atoms with van der Waals surface area (Å²) in [5, 5.41) is 3.40. The molecule has 0 aliphatic heterocycles. The lowest BCUT2D eigenvalue weighted by Crippen LogP contribution is -2.26. The van der Waals surface area contributed by atoms with E-state index in [0.29, 0.717) is 5.92 Å². The summed E-state index contributed by atoms with van der Waals surface area (Å²) in [6.07, 6.45) is 5.22. The number of hydrogen-bond acceptors (Lipinski definition) is 4. The number of nitrogens with one attached hydrogen (secondary N) is 1. The van der Waals surface area contributed by atoms with Crippen molar-refractivity contribution in [2.45, 2.75) is 52.4 Å². The van der Waals surface area contributed by atoms with Crippen molar-refractivity contribution in [3.63, 3.8) is 0 Å². The van der Waals surface area contributed by atoms with Crippen molar-refractivity contribution < 1.29 is 0 Å². The molecule has 1 saturated carbocycles. The van der Waals surface area contributed by atoms with Gasteiger partial charge in [-0.2, -0.15) is 4.98 Å². The minimum atomic E-state index is 0.622. The van der Waals surface area contributed by atoms with Gasteiger partial charge in [0, 0.05) is 25.6 Å². The second-order valence-corrected chi connectivity index (χ2v) is 6.33. The molecule has 1 heterocycles. The van der Waals surface area contributed by atoms with Crippen LogP contribution in [0.2, 0.25) is 0 Å². The second kappa shape index (κ2) is 7.43. The zero-order chi connectivity index (χ0) is 14.5. The average Bonchev–Trinajstić information content (AvgIpc) is 2.97. The van der Waals surface area contributed by atoms with Crippen molar-refractivity contribution in [2.75, 3.05) is 29.9 Å². The number of aromatic nitrogens is 2. The summed E-state index contributed by atoms with van der Waals surface area (Å²) < 4.78 is 1.22. The third-order valence-corrected chi connectivity index (χ3v) is 5.06. The van der Waals surface area contributed by atoms with Crippen molar-refractivity contribution in [1.82, 2.24) is 9.97 Å². The summed E-state index contributed by atoms with van der Waals surface area (Å²) in [7, 11) is 0. The second-order valence-electron chi connectivity index (χ2n) is 5.26. The third kappa shape index (κ3) is 3.35. The van der Waals surface area contributed by atoms with Crippen LogP contribution in [0.1, 0.15) is 58.1 Å². The predicted octanol–water partition coefficient (Wildman–Crippen LogP) is 4.02. The monoisotopic (exact) mass is 388 g/mol. The van der Waals surface area contributed by atoms with Crippen molar-refractivity contribution in [3.8, 4) is 0 Å². The fourth-order valence-electron chi connectivity index (χ4n) is 2.85. The molecule has 1 aliphatic carbocycles. The molecule has 0 aromatic carbocycles. The molecule has 1 aromatic heterocycles. The van der Waals surface area contributed by atoms with Gasteiger partial charge in [0.1, 0.15) is 5.82 Å². The highest BCUT2D eigenvalue weighted by atomic mass is 127. The lowest BCUT2D eigenvalue weighted by atomic mass is 10.0. The number of halogens is 1. The van der Waals surface area contributed by atoms with E-state index in [4.69, 9.17) is 9.97 Å². The molecule has 2 rings (SSSR count). The van der Waals surface area contributed by atoms with Gasteiger partial charge in [-0.1, -0.05) is 12.8 Å². The minimum Gasteiger partial charge on any atom is -0.369 e. The Morgan fingerprint density at radius 2 is 1.80 bits per heavy atom. The fourth-order valence-corrected chi connectivity index (χ4v) is 3.73. The molecule has 4 nitrogen and oxygen atoms in total. The Labute approximate surface area is 135 Å². The highest BCUT2D eigenvalue weighted by Crippen LogP contribution is 2.37. The van der Waals surface area contributed by atoms with Gasteiger partial charge in [-0.3, -0.25) is 0 Å². The first-order valence-electron chi connectivity index (χ1n) is 7.77. The Morgan fingerprint density at radius 1 is 1.15 bits per heavy atom. The van der Waals surface area contributed by atoms with Gasteiger partial charge in [-0.05, 0) is 56.2 Å². The van der Waals surface area contributed by atoms with E-state index in [1.54, 1.807) is 0 Å². The molecule has 1 aliphatic rings. The van der Waals surface area contributed by atoms with E-state index in [2.05, 4.69) is 53.6 Å². The van der Waals surface area contributed by atoms with Crippen molar-refractivity contribution >= 4 is 34.4 Å². The number of hydrogen-bond donors (Lipinski definition) is 1. The molecule has 5 heteroatoms. The van der Waals surface area contributed by atoms with E-state index in [1.165, 1.54) is 34.9 Å². The quantitative estimate of drug-likeness (QED) is 0.748. The van der Waals surface area contributed by atoms with Gasteiger partial charge < -0.3 is 10.2 Å². The van der Waals surface area contributed by atoms with E-state index >= 15 is 0 Å². The summed E-state index contributed by atoms with van der Waals surface area (Å²) in [5.41, 5.74) is 1.26. The standard InChI is InChI=1S/C15H25IN4/c1-4-17-14-12(16)13(11-9-7-8-10-11)18-15(19-14)20(5-2)6-3/h11H,4-10H2,1-3H3,(H,17,18,19). The lowest BCUT2D eigenvalue weighted by molar-refractivity contribution is 0.682. The fraction of sp³-hybridized carbons (Fsp3) is 0.733. The average molecular weight is 388 g/mol. The highest BCUT2D eigenvalue weighted by Gasteiger charge is 2.24. The van der Waals surface area contributed by atoms with E-state index < -0.39 is 0 Å².